The summed E-state index contributed by atoms with van der Waals surface area (Å²) in [5.41, 5.74) is 0.443. The number of nitrogens with zero attached hydrogens (tertiary/aromatic N) is 1. The molecule has 1 saturated heterocycles. The van der Waals surface area contributed by atoms with Crippen molar-refractivity contribution in [3.8, 4) is 0 Å². The maximum atomic E-state index is 12.9. The average Bonchev–Trinajstić information content (AvgIpc) is 2.64. The summed E-state index contributed by atoms with van der Waals surface area (Å²) in [4.78, 5) is 12.9. The van der Waals surface area contributed by atoms with Gasteiger partial charge in [0.25, 0.3) is 0 Å². The second kappa shape index (κ2) is 4.79. The molecular weight excluding hydrogens is 349 g/mol. The van der Waals surface area contributed by atoms with Crippen LogP contribution < -0.4 is 4.90 Å². The molecule has 1 unspecified atom stereocenters. The summed E-state index contributed by atoms with van der Waals surface area (Å²) < 4.78 is 35.1. The molecule has 98 valence electrons. The fourth-order valence-corrected chi connectivity index (χ4v) is 3.08. The molecule has 0 spiro atoms. The largest absolute Gasteiger partial charge is 0.310 e. The van der Waals surface area contributed by atoms with Gasteiger partial charge in [0.1, 0.15) is 5.25 Å². The smallest absolute Gasteiger partial charge is 0.307 e. The minimum Gasteiger partial charge on any atom is -0.310 e. The molecule has 1 heterocycles. The molecule has 8 heteroatoms. The van der Waals surface area contributed by atoms with Gasteiger partial charge in [0.15, 0.2) is 0 Å². The molecule has 0 radical (unpaired) electrons. The van der Waals surface area contributed by atoms with Crippen LogP contribution in [-0.2, 0) is 15.0 Å². The van der Waals surface area contributed by atoms with E-state index in [2.05, 4.69) is 15.9 Å². The lowest BCUT2D eigenvalue weighted by Gasteiger charge is -2.18. The Kier molecular flexibility index (Phi) is 3.66. The first-order valence-corrected chi connectivity index (χ1v) is 7.59. The molecule has 0 aromatic heterocycles. The van der Waals surface area contributed by atoms with Crippen LogP contribution in [0.15, 0.2) is 22.7 Å². The van der Waals surface area contributed by atoms with Crippen LogP contribution in [0.1, 0.15) is 6.42 Å². The zero-order valence-corrected chi connectivity index (χ0v) is 12.1. The first kappa shape index (κ1) is 13.8. The Balaban J connectivity index is 2.35. The van der Waals surface area contributed by atoms with Crippen molar-refractivity contribution >= 4 is 49.3 Å². The second-order valence-electron chi connectivity index (χ2n) is 3.90. The summed E-state index contributed by atoms with van der Waals surface area (Å²) in [5.74, 6) is -0.441. The highest BCUT2D eigenvalue weighted by atomic mass is 79.9. The van der Waals surface area contributed by atoms with Gasteiger partial charge in [0.05, 0.1) is 5.69 Å². The topological polar surface area (TPSA) is 54.5 Å². The number of carbonyl (C=O) groups excluding carboxylic acids is 1. The highest BCUT2D eigenvalue weighted by molar-refractivity contribution is 9.10. The number of hydrogen-bond donors (Lipinski definition) is 0. The number of halogens is 3. The van der Waals surface area contributed by atoms with E-state index in [1.807, 2.05) is 0 Å². The van der Waals surface area contributed by atoms with E-state index in [4.69, 9.17) is 11.6 Å². The maximum Gasteiger partial charge on any atom is 0.307 e. The molecule has 4 nitrogen and oxygen atoms in total. The van der Waals surface area contributed by atoms with Crippen molar-refractivity contribution in [2.24, 2.45) is 0 Å². The highest BCUT2D eigenvalue weighted by Gasteiger charge is 2.39. The zero-order valence-electron chi connectivity index (χ0n) is 8.94. The molecule has 0 saturated carbocycles. The van der Waals surface area contributed by atoms with Crippen molar-refractivity contribution in [3.63, 3.8) is 0 Å². The van der Waals surface area contributed by atoms with Crippen LogP contribution in [0.3, 0.4) is 0 Å². The van der Waals surface area contributed by atoms with Gasteiger partial charge in [-0.3, -0.25) is 4.79 Å². The van der Waals surface area contributed by atoms with Crippen LogP contribution in [0, 0.1) is 0 Å². The minimum absolute atomic E-state index is 0.198. The van der Waals surface area contributed by atoms with Crippen LogP contribution >= 0.6 is 27.5 Å². The van der Waals surface area contributed by atoms with E-state index in [1.54, 1.807) is 12.1 Å². The minimum atomic E-state index is -4.71. The van der Waals surface area contributed by atoms with E-state index in [1.165, 1.54) is 11.0 Å². The number of rotatable bonds is 2. The molecule has 18 heavy (non-hydrogen) atoms. The number of carbonyl (C=O) groups is 1. The van der Waals surface area contributed by atoms with Crippen molar-refractivity contribution in [1.82, 2.24) is 0 Å². The molecule has 1 aliphatic heterocycles. The zero-order chi connectivity index (χ0) is 13.5. The van der Waals surface area contributed by atoms with Gasteiger partial charge in [-0.15, -0.1) is 3.89 Å². The molecular formula is C10H8BrClFNO3S. The van der Waals surface area contributed by atoms with Crippen molar-refractivity contribution in [2.75, 3.05) is 11.4 Å². The summed E-state index contributed by atoms with van der Waals surface area (Å²) in [5, 5.41) is -0.900. The van der Waals surface area contributed by atoms with Gasteiger partial charge in [0, 0.05) is 22.5 Å². The lowest BCUT2D eigenvalue weighted by molar-refractivity contribution is -0.117. The molecule has 1 fully saturated rings. The first-order chi connectivity index (χ1) is 8.29. The molecule has 1 amide bonds. The quantitative estimate of drug-likeness (QED) is 0.765. The number of hydrogen-bond acceptors (Lipinski definition) is 3. The fourth-order valence-electron chi connectivity index (χ4n) is 1.79. The van der Waals surface area contributed by atoms with Crippen molar-refractivity contribution in [3.05, 3.63) is 27.7 Å². The van der Waals surface area contributed by atoms with E-state index in [0.717, 1.165) is 0 Å². The van der Waals surface area contributed by atoms with Crippen LogP contribution in [0.4, 0.5) is 9.57 Å². The second-order valence-corrected chi connectivity index (χ2v) is 6.81. The summed E-state index contributed by atoms with van der Waals surface area (Å²) in [6.07, 6.45) is -0.349. The van der Waals surface area contributed by atoms with E-state index >= 15 is 0 Å². The lowest BCUT2D eigenvalue weighted by atomic mass is 10.3. The van der Waals surface area contributed by atoms with E-state index in [0.29, 0.717) is 15.2 Å². The summed E-state index contributed by atoms with van der Waals surface area (Å²) in [6.45, 7) is -0.198. The van der Waals surface area contributed by atoms with Crippen molar-refractivity contribution in [1.29, 1.82) is 0 Å². The van der Waals surface area contributed by atoms with Gasteiger partial charge in [-0.2, -0.15) is 8.42 Å². The van der Waals surface area contributed by atoms with Gasteiger partial charge in [0.2, 0.25) is 5.91 Å². The van der Waals surface area contributed by atoms with Crippen LogP contribution in [-0.4, -0.2) is 26.1 Å². The third-order valence-corrected chi connectivity index (χ3v) is 4.70. The highest BCUT2D eigenvalue weighted by Crippen LogP contribution is 2.33. The SMILES string of the molecule is O=C1CC(S(=O)(=O)F)CN1c1cc(Cl)ccc1Br. The van der Waals surface area contributed by atoms with Crippen LogP contribution in [0.2, 0.25) is 5.02 Å². The Morgan fingerprint density at radius 3 is 2.67 bits per heavy atom. The Hall–Kier alpha value is -0.660. The molecule has 2 rings (SSSR count). The molecule has 1 aliphatic rings. The molecule has 1 aromatic carbocycles. The lowest BCUT2D eigenvalue weighted by Crippen LogP contribution is -2.27. The molecule has 0 N–H and O–H groups in total. The van der Waals surface area contributed by atoms with Crippen LogP contribution in [0.25, 0.3) is 0 Å². The number of anilines is 1. The van der Waals surface area contributed by atoms with E-state index in [-0.39, 0.29) is 13.0 Å². The van der Waals surface area contributed by atoms with E-state index < -0.39 is 21.4 Å². The molecule has 0 bridgehead atoms. The van der Waals surface area contributed by atoms with Gasteiger partial charge in [-0.05, 0) is 34.1 Å². The monoisotopic (exact) mass is 355 g/mol. The van der Waals surface area contributed by atoms with Gasteiger partial charge in [-0.1, -0.05) is 11.6 Å². The number of benzene rings is 1. The number of amides is 1. The van der Waals surface area contributed by atoms with Gasteiger partial charge in [-0.25, -0.2) is 0 Å². The van der Waals surface area contributed by atoms with Crippen molar-refractivity contribution in [2.45, 2.75) is 11.7 Å². The van der Waals surface area contributed by atoms with E-state index in [9.17, 15) is 17.1 Å². The Morgan fingerprint density at radius 1 is 1.44 bits per heavy atom. The van der Waals surface area contributed by atoms with Crippen molar-refractivity contribution < 1.29 is 17.1 Å². The Labute approximate surface area is 117 Å². The standard InChI is InChI=1S/C10H8BrClFNO3S/c11-8-2-1-6(12)3-9(8)14-5-7(4-10(14)15)18(13,16)17/h1-3,7H,4-5H2. The Morgan fingerprint density at radius 2 is 2.11 bits per heavy atom. The predicted octanol–water partition coefficient (Wildman–Crippen LogP) is 2.51. The maximum absolute atomic E-state index is 12.9. The average molecular weight is 357 g/mol. The first-order valence-electron chi connectivity index (χ1n) is 4.98. The molecule has 1 atom stereocenters. The summed E-state index contributed by atoms with van der Waals surface area (Å²) >= 11 is 9.06. The third kappa shape index (κ3) is 2.67. The van der Waals surface area contributed by atoms with Gasteiger partial charge >= 0.3 is 10.2 Å². The predicted molar refractivity (Wildman–Crippen MR) is 69.9 cm³/mol. The van der Waals surface area contributed by atoms with Crippen LogP contribution in [0.5, 0.6) is 0 Å². The summed E-state index contributed by atoms with van der Waals surface area (Å²) in [7, 11) is -4.71. The normalized spacial score (nSPS) is 20.5. The molecule has 1 aromatic rings. The fraction of sp³-hybridized carbons (Fsp3) is 0.300. The van der Waals surface area contributed by atoms with Gasteiger partial charge < -0.3 is 4.90 Å². The third-order valence-electron chi connectivity index (χ3n) is 2.69. The summed E-state index contributed by atoms with van der Waals surface area (Å²) in [6, 6.07) is 4.79. The molecule has 0 aliphatic carbocycles. The Bertz CT molecular complexity index is 607.